The zero-order chi connectivity index (χ0) is 10.6. The summed E-state index contributed by atoms with van der Waals surface area (Å²) in [4.78, 5) is 10.1. The molecule has 0 aromatic rings. The van der Waals surface area contributed by atoms with Crippen LogP contribution in [0.15, 0.2) is 0 Å². The van der Waals surface area contributed by atoms with E-state index in [4.69, 9.17) is 0 Å². The molecule has 2 nitrogen and oxygen atoms in total. The minimum atomic E-state index is -0.928. The second-order valence-corrected chi connectivity index (χ2v) is 3.80. The predicted octanol–water partition coefficient (Wildman–Crippen LogP) is -0.743. The van der Waals surface area contributed by atoms with Gasteiger partial charge in [-0.3, -0.25) is 0 Å². The quantitative estimate of drug-likeness (QED) is 0.255. The molecular weight excluding hydrogens is 314 g/mol. The fraction of sp³-hybridized carbons (Fsp3) is 0.727. The Bertz CT molecular complexity index is 208. The first kappa shape index (κ1) is 18.1. The predicted molar refractivity (Wildman–Crippen MR) is 63.7 cm³/mol. The molecule has 0 unspecified atom stereocenters. The summed E-state index contributed by atoms with van der Waals surface area (Å²) in [5, 5.41) is 10.1. The van der Waals surface area contributed by atoms with Gasteiger partial charge in [0.15, 0.2) is 0 Å². The van der Waals surface area contributed by atoms with Gasteiger partial charge < -0.3 is 9.90 Å². The molecule has 0 aromatic heterocycles. The number of aliphatic carboxylic acids is 1. The van der Waals surface area contributed by atoms with E-state index in [0.717, 1.165) is 32.1 Å². The van der Waals surface area contributed by atoms with Gasteiger partial charge in [0, 0.05) is 35.0 Å². The maximum absolute atomic E-state index is 10.1. The Hall–Kier alpha value is 0.760. The Morgan fingerprint density at radius 3 is 2.13 bits per heavy atom. The number of carboxylic acid groups (broad SMARTS) is 1. The molecular formula is C11H16INaO2. The number of rotatable bonds is 8. The number of carbonyl (C=O) groups excluding carboxylic acids is 1. The molecule has 0 saturated carbocycles. The zero-order valence-corrected chi connectivity index (χ0v) is 13.5. The van der Waals surface area contributed by atoms with Crippen molar-refractivity contribution >= 4 is 28.6 Å². The number of carboxylic acids is 1. The van der Waals surface area contributed by atoms with Gasteiger partial charge in [-0.1, -0.05) is 31.6 Å². The van der Waals surface area contributed by atoms with Gasteiger partial charge in [0.25, 0.3) is 0 Å². The molecule has 0 atom stereocenters. The molecule has 0 bridgehead atoms. The maximum atomic E-state index is 10.1. The Labute approximate surface area is 128 Å². The molecule has 0 heterocycles. The molecule has 0 aliphatic heterocycles. The third-order valence-electron chi connectivity index (χ3n) is 2.00. The van der Waals surface area contributed by atoms with Crippen molar-refractivity contribution in [2.24, 2.45) is 0 Å². The van der Waals surface area contributed by atoms with E-state index in [2.05, 4.69) is 32.4 Å². The van der Waals surface area contributed by atoms with Crippen molar-refractivity contribution in [1.29, 1.82) is 0 Å². The second-order valence-electron chi connectivity index (χ2n) is 3.26. The Morgan fingerprint density at radius 2 is 1.60 bits per heavy atom. The Morgan fingerprint density at radius 1 is 1.07 bits per heavy atom. The molecule has 0 amide bonds. The molecule has 0 aliphatic rings. The van der Waals surface area contributed by atoms with Crippen molar-refractivity contribution in [3.05, 3.63) is 0 Å². The van der Waals surface area contributed by atoms with Crippen LogP contribution in [0.1, 0.15) is 51.4 Å². The van der Waals surface area contributed by atoms with E-state index in [0.29, 0.717) is 0 Å². The monoisotopic (exact) mass is 330 g/mol. The molecule has 0 aliphatic carbocycles. The summed E-state index contributed by atoms with van der Waals surface area (Å²) in [6.45, 7) is 0. The minimum Gasteiger partial charge on any atom is -0.550 e. The minimum absolute atomic E-state index is 0. The van der Waals surface area contributed by atoms with E-state index >= 15 is 0 Å². The largest absolute Gasteiger partial charge is 1.00 e. The molecule has 80 valence electrons. The van der Waals surface area contributed by atoms with Crippen molar-refractivity contribution in [3.8, 4) is 9.85 Å². The number of carbonyl (C=O) groups is 1. The van der Waals surface area contributed by atoms with E-state index in [1.54, 1.807) is 0 Å². The third-order valence-corrected chi connectivity index (χ3v) is 2.38. The number of hydrogen-bond acceptors (Lipinski definition) is 2. The summed E-state index contributed by atoms with van der Waals surface area (Å²) in [6.07, 6.45) is 7.65. The van der Waals surface area contributed by atoms with Gasteiger partial charge in [-0.05, 0) is 23.2 Å². The van der Waals surface area contributed by atoms with Gasteiger partial charge >= 0.3 is 29.6 Å². The molecule has 15 heavy (non-hydrogen) atoms. The average molecular weight is 330 g/mol. The summed E-state index contributed by atoms with van der Waals surface area (Å²) in [5.41, 5.74) is 0. The summed E-state index contributed by atoms with van der Waals surface area (Å²) < 4.78 is 2.84. The van der Waals surface area contributed by atoms with Crippen molar-refractivity contribution in [2.75, 3.05) is 0 Å². The first-order chi connectivity index (χ1) is 6.77. The summed E-state index contributed by atoms with van der Waals surface area (Å²) in [6, 6.07) is 0. The van der Waals surface area contributed by atoms with E-state index in [1.807, 2.05) is 0 Å². The second kappa shape index (κ2) is 14.8. The molecule has 4 heteroatoms. The zero-order valence-electron chi connectivity index (χ0n) is 9.35. The van der Waals surface area contributed by atoms with Gasteiger partial charge in [0.05, 0.1) is 0 Å². The van der Waals surface area contributed by atoms with Crippen LogP contribution < -0.4 is 34.7 Å². The standard InChI is InChI=1S/C11H17IO2.Na/c12-10-8-6-4-2-1-3-5-7-9-11(13)14;/h1-7,9H2,(H,13,14);/q;+1/p-1. The van der Waals surface area contributed by atoms with Crippen LogP contribution in [-0.4, -0.2) is 5.97 Å². The van der Waals surface area contributed by atoms with E-state index in [-0.39, 0.29) is 36.0 Å². The van der Waals surface area contributed by atoms with Crippen LogP contribution in [-0.2, 0) is 4.79 Å². The van der Waals surface area contributed by atoms with Gasteiger partial charge in [-0.2, -0.15) is 0 Å². The first-order valence-electron chi connectivity index (χ1n) is 5.05. The molecule has 0 rings (SSSR count). The summed E-state index contributed by atoms with van der Waals surface area (Å²) >= 11 is 2.05. The van der Waals surface area contributed by atoms with Crippen LogP contribution in [0, 0.1) is 9.85 Å². The van der Waals surface area contributed by atoms with E-state index < -0.39 is 5.97 Å². The van der Waals surface area contributed by atoms with E-state index in [9.17, 15) is 9.90 Å². The van der Waals surface area contributed by atoms with Crippen LogP contribution in [0.2, 0.25) is 0 Å². The smallest absolute Gasteiger partial charge is 0.550 e. The number of halogens is 1. The molecule has 0 radical (unpaired) electrons. The Kier molecular flexibility index (Phi) is 17.8. The Balaban J connectivity index is 0. The van der Waals surface area contributed by atoms with Gasteiger partial charge in [0.2, 0.25) is 0 Å². The molecule has 0 saturated heterocycles. The number of hydrogen-bond donors (Lipinski definition) is 0. The van der Waals surface area contributed by atoms with Crippen LogP contribution in [0.25, 0.3) is 0 Å². The molecule has 0 spiro atoms. The van der Waals surface area contributed by atoms with Crippen LogP contribution >= 0.6 is 22.6 Å². The van der Waals surface area contributed by atoms with Crippen molar-refractivity contribution in [1.82, 2.24) is 0 Å². The molecule has 0 N–H and O–H groups in total. The fourth-order valence-corrected chi connectivity index (χ4v) is 1.51. The normalized spacial score (nSPS) is 8.60. The maximum Gasteiger partial charge on any atom is 1.00 e. The van der Waals surface area contributed by atoms with Crippen molar-refractivity contribution in [3.63, 3.8) is 0 Å². The van der Waals surface area contributed by atoms with E-state index in [1.165, 1.54) is 12.8 Å². The first-order valence-corrected chi connectivity index (χ1v) is 6.13. The van der Waals surface area contributed by atoms with Crippen LogP contribution in [0.4, 0.5) is 0 Å². The number of unbranched alkanes of at least 4 members (excludes halogenated alkanes) is 6. The van der Waals surface area contributed by atoms with Crippen molar-refractivity contribution in [2.45, 2.75) is 51.4 Å². The van der Waals surface area contributed by atoms with Crippen molar-refractivity contribution < 1.29 is 39.5 Å². The molecule has 0 aromatic carbocycles. The topological polar surface area (TPSA) is 40.1 Å². The van der Waals surface area contributed by atoms with Gasteiger partial charge in [0.1, 0.15) is 0 Å². The van der Waals surface area contributed by atoms with Crippen LogP contribution in [0.5, 0.6) is 0 Å². The molecule has 0 fully saturated rings. The third kappa shape index (κ3) is 17.4. The van der Waals surface area contributed by atoms with Crippen LogP contribution in [0.3, 0.4) is 0 Å². The van der Waals surface area contributed by atoms with Gasteiger partial charge in [-0.25, -0.2) is 0 Å². The fourth-order valence-electron chi connectivity index (χ4n) is 1.24. The van der Waals surface area contributed by atoms with Gasteiger partial charge in [-0.15, -0.1) is 0 Å². The summed E-state index contributed by atoms with van der Waals surface area (Å²) in [7, 11) is 0. The SMILES string of the molecule is O=C([O-])CCCCCCCCC#CI.[Na+]. The summed E-state index contributed by atoms with van der Waals surface area (Å²) in [5.74, 6) is 2.09. The average Bonchev–Trinajstić information content (AvgIpc) is 2.15.